The summed E-state index contributed by atoms with van der Waals surface area (Å²) in [4.78, 5) is 34.2. The fourth-order valence-electron chi connectivity index (χ4n) is 6.08. The van der Waals surface area contributed by atoms with Crippen LogP contribution in [0.15, 0.2) is 101 Å². The van der Waals surface area contributed by atoms with Gasteiger partial charge in [0.25, 0.3) is 0 Å². The van der Waals surface area contributed by atoms with Gasteiger partial charge in [-0.25, -0.2) is 4.79 Å². The number of benzene rings is 3. The normalized spacial score (nSPS) is 20.2. The third-order valence-electron chi connectivity index (χ3n) is 7.96. The number of esters is 1. The van der Waals surface area contributed by atoms with E-state index in [0.29, 0.717) is 24.2 Å². The number of hydrogen-bond acceptors (Lipinski definition) is 5. The number of carbonyl (C=O) groups excluding carboxylic acids is 2. The van der Waals surface area contributed by atoms with E-state index in [1.807, 2.05) is 50.4 Å². The van der Waals surface area contributed by atoms with Crippen molar-refractivity contribution in [3.8, 4) is 11.1 Å². The molecular weight excluding hydrogens is 496 g/mol. The Morgan fingerprint density at radius 3 is 2.20 bits per heavy atom. The monoisotopic (exact) mass is 534 g/mol. The molecule has 40 heavy (non-hydrogen) atoms. The highest BCUT2D eigenvalue weighted by atomic mass is 16.5. The van der Waals surface area contributed by atoms with Gasteiger partial charge in [0.2, 0.25) is 0 Å². The number of likely N-dealkylation sites (N-methyl/N-ethyl adjacent to an activating group) is 1. The zero-order valence-electron chi connectivity index (χ0n) is 23.9. The van der Waals surface area contributed by atoms with Gasteiger partial charge in [-0.05, 0) is 48.1 Å². The Morgan fingerprint density at radius 1 is 0.900 bits per heavy atom. The molecule has 2 unspecified atom stereocenters. The molecule has 0 bridgehead atoms. The predicted molar refractivity (Wildman–Crippen MR) is 160 cm³/mol. The first-order chi connectivity index (χ1) is 19.2. The van der Waals surface area contributed by atoms with E-state index in [9.17, 15) is 9.59 Å². The van der Waals surface area contributed by atoms with Crippen LogP contribution in [0.5, 0.6) is 0 Å². The fraction of sp³-hybridized carbons (Fsp3) is 0.343. The maximum absolute atomic E-state index is 13.6. The first-order valence-electron chi connectivity index (χ1n) is 14.1. The maximum atomic E-state index is 13.6. The summed E-state index contributed by atoms with van der Waals surface area (Å²) in [6.45, 7) is 7.74. The number of nitrogens with zero attached hydrogens (tertiary/aromatic N) is 2. The van der Waals surface area contributed by atoms with Crippen molar-refractivity contribution < 1.29 is 14.3 Å². The summed E-state index contributed by atoms with van der Waals surface area (Å²) in [6.07, 6.45) is 1.22. The number of hydrogen-bond donors (Lipinski definition) is 0. The summed E-state index contributed by atoms with van der Waals surface area (Å²) in [7, 11) is 2.02. The molecule has 0 aromatic heterocycles. The molecule has 5 nitrogen and oxygen atoms in total. The largest absolute Gasteiger partial charge is 0.461 e. The molecular formula is C35H38N2O3. The van der Waals surface area contributed by atoms with E-state index in [4.69, 9.17) is 9.73 Å². The number of carbonyl (C=O) groups is 2. The van der Waals surface area contributed by atoms with Crippen LogP contribution in [-0.4, -0.2) is 42.6 Å². The average Bonchev–Trinajstić information content (AvgIpc) is 2.92. The van der Waals surface area contributed by atoms with Gasteiger partial charge >= 0.3 is 5.97 Å². The van der Waals surface area contributed by atoms with Crippen LogP contribution in [0.1, 0.15) is 50.7 Å². The van der Waals surface area contributed by atoms with Gasteiger partial charge in [0.1, 0.15) is 12.4 Å². The van der Waals surface area contributed by atoms with Crippen LogP contribution in [0, 0.1) is 11.3 Å². The number of allylic oxidation sites excluding steroid dienone is 1. The summed E-state index contributed by atoms with van der Waals surface area (Å²) < 4.78 is 5.84. The summed E-state index contributed by atoms with van der Waals surface area (Å²) in [5, 5.41) is 0. The molecule has 1 fully saturated rings. The lowest BCUT2D eigenvalue weighted by molar-refractivity contribution is -0.140. The van der Waals surface area contributed by atoms with Gasteiger partial charge in [-0.3, -0.25) is 14.7 Å². The van der Waals surface area contributed by atoms with Crippen molar-refractivity contribution in [3.63, 3.8) is 0 Å². The summed E-state index contributed by atoms with van der Waals surface area (Å²) >= 11 is 0. The molecule has 0 saturated heterocycles. The highest BCUT2D eigenvalue weighted by Crippen LogP contribution is 2.47. The number of Topliss-reactive ketones (excluding diaryl/α,β-unsaturated/α-hetero) is 1. The second kappa shape index (κ2) is 11.7. The topological polar surface area (TPSA) is 59.0 Å². The van der Waals surface area contributed by atoms with Gasteiger partial charge in [-0.1, -0.05) is 98.8 Å². The van der Waals surface area contributed by atoms with E-state index in [2.05, 4.69) is 67.3 Å². The zero-order chi connectivity index (χ0) is 28.3. The Labute approximate surface area is 237 Å². The van der Waals surface area contributed by atoms with Crippen molar-refractivity contribution in [2.24, 2.45) is 16.3 Å². The van der Waals surface area contributed by atoms with E-state index in [1.54, 1.807) is 0 Å². The minimum absolute atomic E-state index is 0.143. The maximum Gasteiger partial charge on any atom is 0.336 e. The molecule has 0 spiro atoms. The molecule has 2 aliphatic rings. The summed E-state index contributed by atoms with van der Waals surface area (Å²) in [5.41, 5.74) is 6.26. The Hall–Kier alpha value is -3.83. The second-order valence-electron chi connectivity index (χ2n) is 11.9. The Balaban J connectivity index is 1.40. The lowest BCUT2D eigenvalue weighted by Crippen LogP contribution is -2.44. The molecule has 1 aliphatic heterocycles. The zero-order valence-corrected chi connectivity index (χ0v) is 23.9. The fourth-order valence-corrected chi connectivity index (χ4v) is 6.08. The molecule has 1 saturated carbocycles. The van der Waals surface area contributed by atoms with Gasteiger partial charge in [0.05, 0.1) is 11.5 Å². The number of ether oxygens (including phenoxy) is 1. The number of fused-ring (bicyclic) bond motifs is 1. The lowest BCUT2D eigenvalue weighted by Gasteiger charge is -2.41. The molecule has 3 aromatic carbocycles. The SMILES string of the molecule is CC1=C(C(=O)OCCN(C)Cc2ccccc2)C(c2ccc(-c3ccccc3)cc2)C2C(=O)CC(C)(C)CC2=N1. The molecule has 5 rings (SSSR count). The third-order valence-corrected chi connectivity index (χ3v) is 7.96. The number of rotatable bonds is 8. The molecule has 0 N–H and O–H groups in total. The third kappa shape index (κ3) is 6.15. The number of aliphatic imine (C=N–C) groups is 1. The van der Waals surface area contributed by atoms with Crippen molar-refractivity contribution in [1.29, 1.82) is 0 Å². The van der Waals surface area contributed by atoms with E-state index >= 15 is 0 Å². The predicted octanol–water partition coefficient (Wildman–Crippen LogP) is 6.85. The van der Waals surface area contributed by atoms with Crippen LogP contribution < -0.4 is 0 Å². The highest BCUT2D eigenvalue weighted by Gasteiger charge is 2.47. The molecule has 5 heteroatoms. The van der Waals surface area contributed by atoms with Crippen molar-refractivity contribution in [3.05, 3.63) is 107 Å². The van der Waals surface area contributed by atoms with E-state index < -0.39 is 11.8 Å². The standard InChI is InChI=1S/C35H38N2O3/c1-24-31(34(39)40-20-19-37(4)23-25-11-7-5-8-12-25)32(33-29(36-24)21-35(2,3)22-30(33)38)28-17-15-27(16-18-28)26-13-9-6-10-14-26/h5-18,32-33H,19-23H2,1-4H3. The van der Waals surface area contributed by atoms with Gasteiger partial charge in [-0.15, -0.1) is 0 Å². The van der Waals surface area contributed by atoms with Gasteiger partial charge < -0.3 is 4.74 Å². The van der Waals surface area contributed by atoms with Crippen molar-refractivity contribution in [2.75, 3.05) is 20.2 Å². The Morgan fingerprint density at radius 2 is 1.52 bits per heavy atom. The Kier molecular flexibility index (Phi) is 8.13. The summed E-state index contributed by atoms with van der Waals surface area (Å²) in [5.74, 6) is -1.09. The van der Waals surface area contributed by atoms with Gasteiger partial charge in [-0.2, -0.15) is 0 Å². The molecule has 1 heterocycles. The molecule has 0 radical (unpaired) electrons. The molecule has 2 atom stereocenters. The molecule has 206 valence electrons. The second-order valence-corrected chi connectivity index (χ2v) is 11.9. The van der Waals surface area contributed by atoms with E-state index in [1.165, 1.54) is 5.56 Å². The minimum atomic E-state index is -0.442. The van der Waals surface area contributed by atoms with Crippen molar-refractivity contribution >= 4 is 17.5 Å². The summed E-state index contributed by atoms with van der Waals surface area (Å²) in [6, 6.07) is 28.7. The first kappa shape index (κ1) is 27.7. The highest BCUT2D eigenvalue weighted by molar-refractivity contribution is 6.12. The van der Waals surface area contributed by atoms with Gasteiger partial charge in [0.15, 0.2) is 0 Å². The van der Waals surface area contributed by atoms with E-state index in [0.717, 1.165) is 35.4 Å². The van der Waals surface area contributed by atoms with Crippen LogP contribution >= 0.6 is 0 Å². The minimum Gasteiger partial charge on any atom is -0.461 e. The van der Waals surface area contributed by atoms with E-state index in [-0.39, 0.29) is 23.8 Å². The van der Waals surface area contributed by atoms with Crippen LogP contribution in [0.25, 0.3) is 11.1 Å². The quantitative estimate of drug-likeness (QED) is 0.297. The Bertz CT molecular complexity index is 1420. The van der Waals surface area contributed by atoms with Crippen LogP contribution in [-0.2, 0) is 20.9 Å². The van der Waals surface area contributed by atoms with Crippen molar-refractivity contribution in [1.82, 2.24) is 4.90 Å². The lowest BCUT2D eigenvalue weighted by atomic mass is 9.63. The van der Waals surface area contributed by atoms with Crippen LogP contribution in [0.3, 0.4) is 0 Å². The molecule has 3 aromatic rings. The molecule has 1 aliphatic carbocycles. The first-order valence-corrected chi connectivity index (χ1v) is 14.1. The van der Waals surface area contributed by atoms with Crippen LogP contribution in [0.4, 0.5) is 0 Å². The van der Waals surface area contributed by atoms with Crippen molar-refractivity contribution in [2.45, 2.75) is 46.1 Å². The smallest absolute Gasteiger partial charge is 0.336 e. The average molecular weight is 535 g/mol. The van der Waals surface area contributed by atoms with Crippen LogP contribution in [0.2, 0.25) is 0 Å². The number of ketones is 1. The molecule has 0 amide bonds. The van der Waals surface area contributed by atoms with Gasteiger partial charge in [0, 0.05) is 36.8 Å².